The van der Waals surface area contributed by atoms with E-state index in [1.165, 1.54) is 4.90 Å². The maximum atomic E-state index is 15.0. The number of alkyl halides is 7. The summed E-state index contributed by atoms with van der Waals surface area (Å²) in [6, 6.07) is 4.05. The van der Waals surface area contributed by atoms with E-state index in [9.17, 15) is 53.4 Å². The van der Waals surface area contributed by atoms with Gasteiger partial charge in [-0.1, -0.05) is 37.5 Å². The van der Waals surface area contributed by atoms with Crippen LogP contribution in [0.1, 0.15) is 61.6 Å². The first-order chi connectivity index (χ1) is 20.0. The summed E-state index contributed by atoms with van der Waals surface area (Å²) < 4.78 is 136. The fraction of sp³-hybridized carbons (Fsp3) is 0.552. The van der Waals surface area contributed by atoms with Gasteiger partial charge in [-0.15, -0.1) is 0 Å². The second kappa shape index (κ2) is 10.7. The Morgan fingerprint density at radius 3 is 2.09 bits per heavy atom. The number of benzene rings is 2. The SMILES string of the molecule is O=C([C@@H](O)C1CCCCC1)N1CC[C@]2(S(=O)(=O)c3ccc(F)cc3)c3ccc(C(F)(C(F)(F)F)C(F)(F)F)cc3CC[C@H]12. The molecule has 1 saturated heterocycles. The minimum atomic E-state index is -6.36. The maximum Gasteiger partial charge on any atom is 0.435 e. The average molecular weight is 640 g/mol. The molecule has 0 bridgehead atoms. The highest BCUT2D eigenvalue weighted by Gasteiger charge is 2.74. The number of sulfone groups is 1. The molecule has 1 saturated carbocycles. The molecule has 0 unspecified atom stereocenters. The van der Waals surface area contributed by atoms with E-state index in [2.05, 4.69) is 0 Å². The van der Waals surface area contributed by atoms with Gasteiger partial charge in [0.15, 0.2) is 9.84 Å². The molecule has 2 aliphatic carbocycles. The molecule has 1 N–H and O–H groups in total. The summed E-state index contributed by atoms with van der Waals surface area (Å²) in [5, 5.41) is 11.0. The average Bonchev–Trinajstić information content (AvgIpc) is 3.37. The van der Waals surface area contributed by atoms with Crippen LogP contribution in [0.2, 0.25) is 0 Å². The number of nitrogens with zero attached hydrogens (tertiary/aromatic N) is 1. The van der Waals surface area contributed by atoms with E-state index in [1.54, 1.807) is 0 Å². The molecular formula is C29H29F8NO4S. The van der Waals surface area contributed by atoms with Crippen LogP contribution >= 0.6 is 0 Å². The summed E-state index contributed by atoms with van der Waals surface area (Å²) in [5.41, 5.74) is -7.85. The van der Waals surface area contributed by atoms with Crippen molar-refractivity contribution in [2.24, 2.45) is 5.92 Å². The van der Waals surface area contributed by atoms with Crippen molar-refractivity contribution in [1.82, 2.24) is 4.90 Å². The minimum absolute atomic E-state index is 0.161. The smallest absolute Gasteiger partial charge is 0.383 e. The van der Waals surface area contributed by atoms with E-state index in [0.29, 0.717) is 18.9 Å². The number of fused-ring (bicyclic) bond motifs is 3. The van der Waals surface area contributed by atoms with E-state index in [-0.39, 0.29) is 53.8 Å². The monoisotopic (exact) mass is 639 g/mol. The van der Waals surface area contributed by atoms with E-state index >= 15 is 0 Å². The van der Waals surface area contributed by atoms with Gasteiger partial charge in [-0.05, 0) is 73.4 Å². The summed E-state index contributed by atoms with van der Waals surface area (Å²) in [7, 11) is -4.59. The quantitative estimate of drug-likeness (QED) is 0.309. The predicted molar refractivity (Wildman–Crippen MR) is 138 cm³/mol. The summed E-state index contributed by atoms with van der Waals surface area (Å²) >= 11 is 0. The summed E-state index contributed by atoms with van der Waals surface area (Å²) in [4.78, 5) is 14.5. The molecule has 14 heteroatoms. The highest BCUT2D eigenvalue weighted by molar-refractivity contribution is 7.92. The van der Waals surface area contributed by atoms with Crippen LogP contribution in [0.25, 0.3) is 0 Å². The number of aliphatic hydroxyl groups excluding tert-OH is 1. The lowest BCUT2D eigenvalue weighted by atomic mass is 9.76. The Labute approximate surface area is 242 Å². The number of aryl methyl sites for hydroxylation is 1. The lowest BCUT2D eigenvalue weighted by Crippen LogP contribution is -2.55. The second-order valence-electron chi connectivity index (χ2n) is 11.6. The van der Waals surface area contributed by atoms with Gasteiger partial charge < -0.3 is 10.0 Å². The Bertz CT molecular complexity index is 1470. The summed E-state index contributed by atoms with van der Waals surface area (Å²) in [5.74, 6) is -1.80. The highest BCUT2D eigenvalue weighted by Crippen LogP contribution is 2.57. The molecule has 43 heavy (non-hydrogen) atoms. The number of halogens is 8. The molecule has 2 aromatic rings. The number of hydrogen-bond acceptors (Lipinski definition) is 4. The Balaban J connectivity index is 1.65. The Hall–Kier alpha value is -2.74. The van der Waals surface area contributed by atoms with Crippen molar-refractivity contribution in [3.05, 3.63) is 65.0 Å². The van der Waals surface area contributed by atoms with Gasteiger partial charge in [-0.2, -0.15) is 26.3 Å². The summed E-state index contributed by atoms with van der Waals surface area (Å²) in [6.45, 7) is -0.174. The molecule has 3 atom stereocenters. The van der Waals surface area contributed by atoms with Gasteiger partial charge in [0, 0.05) is 12.1 Å². The zero-order chi connectivity index (χ0) is 31.6. The molecule has 1 heterocycles. The third kappa shape index (κ3) is 4.83. The first kappa shape index (κ1) is 31.7. The van der Waals surface area contributed by atoms with Gasteiger partial charge in [0.05, 0.1) is 10.9 Å². The summed E-state index contributed by atoms with van der Waals surface area (Å²) in [6.07, 6.45) is -11.1. The predicted octanol–water partition coefficient (Wildman–Crippen LogP) is 6.27. The molecule has 0 spiro atoms. The number of carbonyl (C=O) groups excluding carboxylic acids is 1. The van der Waals surface area contributed by atoms with E-state index < -0.39 is 62.0 Å². The molecule has 1 amide bonds. The number of rotatable bonds is 5. The van der Waals surface area contributed by atoms with E-state index in [4.69, 9.17) is 0 Å². The van der Waals surface area contributed by atoms with Gasteiger partial charge in [-0.3, -0.25) is 4.79 Å². The third-order valence-electron chi connectivity index (χ3n) is 9.30. The number of carbonyl (C=O) groups is 1. The van der Waals surface area contributed by atoms with Crippen LogP contribution in [-0.2, 0) is 31.5 Å². The van der Waals surface area contributed by atoms with Crippen LogP contribution in [0.5, 0.6) is 0 Å². The standard InChI is InChI=1S/C29H29F8NO4S/c30-20-8-10-21(11-9-20)43(41,42)26-14-15-38(25(40)24(39)17-4-2-1-3-5-17)23(26)13-6-18-16-19(7-12-22(18)26)27(31,28(32,33)34)29(35,36)37/h7-12,16-17,23-24,39H,1-6,13-15H2/t23-,24-,26-/m0/s1. The first-order valence-corrected chi connectivity index (χ1v) is 15.4. The van der Waals surface area contributed by atoms with Crippen molar-refractivity contribution in [2.75, 3.05) is 6.54 Å². The lowest BCUT2D eigenvalue weighted by molar-refractivity contribution is -0.348. The Morgan fingerprint density at radius 2 is 1.51 bits per heavy atom. The zero-order valence-electron chi connectivity index (χ0n) is 22.7. The molecule has 236 valence electrons. The molecule has 2 fully saturated rings. The van der Waals surface area contributed by atoms with E-state index in [0.717, 1.165) is 49.6 Å². The fourth-order valence-electron chi connectivity index (χ4n) is 7.14. The van der Waals surface area contributed by atoms with Gasteiger partial charge in [0.25, 0.3) is 5.91 Å². The maximum absolute atomic E-state index is 15.0. The van der Waals surface area contributed by atoms with Crippen LogP contribution < -0.4 is 0 Å². The highest BCUT2D eigenvalue weighted by atomic mass is 32.2. The van der Waals surface area contributed by atoms with Crippen LogP contribution in [0.3, 0.4) is 0 Å². The van der Waals surface area contributed by atoms with Crippen LogP contribution in [-0.4, -0.2) is 55.4 Å². The molecule has 0 aromatic heterocycles. The van der Waals surface area contributed by atoms with Crippen molar-refractivity contribution in [1.29, 1.82) is 0 Å². The number of hydrogen-bond donors (Lipinski definition) is 1. The van der Waals surface area contributed by atoms with Crippen LogP contribution in [0, 0.1) is 11.7 Å². The zero-order valence-corrected chi connectivity index (χ0v) is 23.5. The number of likely N-dealkylation sites (tertiary alicyclic amines) is 1. The Kier molecular flexibility index (Phi) is 7.89. The van der Waals surface area contributed by atoms with Crippen molar-refractivity contribution >= 4 is 15.7 Å². The van der Waals surface area contributed by atoms with Crippen molar-refractivity contribution in [3.8, 4) is 0 Å². The van der Waals surface area contributed by atoms with Crippen molar-refractivity contribution in [3.63, 3.8) is 0 Å². The van der Waals surface area contributed by atoms with E-state index in [1.807, 2.05) is 0 Å². The largest absolute Gasteiger partial charge is 0.435 e. The van der Waals surface area contributed by atoms with Crippen LogP contribution in [0.15, 0.2) is 47.4 Å². The second-order valence-corrected chi connectivity index (χ2v) is 13.8. The lowest BCUT2D eigenvalue weighted by Gasteiger charge is -2.43. The molecule has 1 aliphatic heterocycles. The minimum Gasteiger partial charge on any atom is -0.383 e. The number of amides is 1. The number of aliphatic hydroxyl groups is 1. The van der Waals surface area contributed by atoms with Gasteiger partial charge in [0.2, 0.25) is 0 Å². The van der Waals surface area contributed by atoms with Gasteiger partial charge in [0.1, 0.15) is 16.7 Å². The molecule has 3 aliphatic rings. The molecule has 2 aromatic carbocycles. The third-order valence-corrected chi connectivity index (χ3v) is 11.8. The van der Waals surface area contributed by atoms with Crippen molar-refractivity contribution in [2.45, 2.75) is 91.2 Å². The molecule has 0 radical (unpaired) electrons. The Morgan fingerprint density at radius 1 is 0.907 bits per heavy atom. The van der Waals surface area contributed by atoms with Crippen LogP contribution in [0.4, 0.5) is 35.1 Å². The fourth-order valence-corrected chi connectivity index (χ4v) is 9.51. The molecule has 5 rings (SSSR count). The molecule has 5 nitrogen and oxygen atoms in total. The van der Waals surface area contributed by atoms with Crippen molar-refractivity contribution < 1.29 is 53.4 Å². The normalized spacial score (nSPS) is 24.4. The molecular weight excluding hydrogens is 610 g/mol. The van der Waals surface area contributed by atoms with Gasteiger partial charge in [-0.25, -0.2) is 17.2 Å². The first-order valence-electron chi connectivity index (χ1n) is 13.9. The van der Waals surface area contributed by atoms with Gasteiger partial charge >= 0.3 is 18.0 Å². The topological polar surface area (TPSA) is 74.7 Å².